The average Bonchev–Trinajstić information content (AvgIpc) is 2.92. The molecule has 1 aromatic carbocycles. The predicted octanol–water partition coefficient (Wildman–Crippen LogP) is 3.96. The summed E-state index contributed by atoms with van der Waals surface area (Å²) in [5, 5.41) is 6.25. The predicted molar refractivity (Wildman–Crippen MR) is 86.7 cm³/mol. The van der Waals surface area contributed by atoms with Gasteiger partial charge in [-0.05, 0) is 25.3 Å². The van der Waals surface area contributed by atoms with Crippen LogP contribution in [-0.4, -0.2) is 25.1 Å². The Kier molecular flexibility index (Phi) is 3.51. The Morgan fingerprint density at radius 1 is 1.20 bits per heavy atom. The minimum Gasteiger partial charge on any atom is -0.381 e. The Morgan fingerprint density at radius 3 is 2.65 bits per heavy atom. The van der Waals surface area contributed by atoms with Crippen molar-refractivity contribution in [2.24, 2.45) is 0 Å². The number of fused-ring (bicyclic) bond motifs is 1. The molecule has 1 aliphatic rings. The summed E-state index contributed by atoms with van der Waals surface area (Å²) >= 11 is 0. The molecule has 20 heavy (non-hydrogen) atoms. The van der Waals surface area contributed by atoms with Crippen LogP contribution in [0.5, 0.6) is 0 Å². The van der Waals surface area contributed by atoms with Crippen LogP contribution in [0.2, 0.25) is 0 Å². The molecule has 1 aromatic heterocycles. The van der Waals surface area contributed by atoms with Crippen LogP contribution in [0.1, 0.15) is 31.2 Å². The van der Waals surface area contributed by atoms with Crippen molar-refractivity contribution in [2.75, 3.05) is 24.3 Å². The second kappa shape index (κ2) is 5.31. The molecular weight excluding hydrogens is 246 g/mol. The van der Waals surface area contributed by atoms with Gasteiger partial charge in [0.2, 0.25) is 0 Å². The number of rotatable bonds is 3. The van der Waals surface area contributed by atoms with Crippen LogP contribution in [0.3, 0.4) is 0 Å². The van der Waals surface area contributed by atoms with Gasteiger partial charge < -0.3 is 10.2 Å². The van der Waals surface area contributed by atoms with Gasteiger partial charge in [0.1, 0.15) is 5.82 Å². The quantitative estimate of drug-likeness (QED) is 0.914. The molecular formula is C17H23N3. The number of aromatic nitrogens is 1. The second-order valence-corrected chi connectivity index (χ2v) is 6.01. The van der Waals surface area contributed by atoms with Crippen LogP contribution in [0.25, 0.3) is 10.8 Å². The molecule has 106 valence electrons. The monoisotopic (exact) mass is 269 g/mol. The standard InChI is InChI=1S/C17H23N3/c1-12-7-6-10-14-15(19-13-8-4-5-9-13)11-18-17(16(12)14)20(2)3/h6-7,10-11,13,19H,4-5,8-9H2,1-3H3. The summed E-state index contributed by atoms with van der Waals surface area (Å²) in [6.07, 6.45) is 7.25. The largest absolute Gasteiger partial charge is 0.381 e. The van der Waals surface area contributed by atoms with Crippen molar-refractivity contribution in [3.63, 3.8) is 0 Å². The fourth-order valence-corrected chi connectivity index (χ4v) is 3.19. The summed E-state index contributed by atoms with van der Waals surface area (Å²) < 4.78 is 0. The normalized spacial score (nSPS) is 15.8. The molecule has 1 fully saturated rings. The van der Waals surface area contributed by atoms with Gasteiger partial charge in [-0.25, -0.2) is 4.98 Å². The van der Waals surface area contributed by atoms with E-state index in [1.165, 1.54) is 47.7 Å². The van der Waals surface area contributed by atoms with Crippen molar-refractivity contribution in [1.82, 2.24) is 4.98 Å². The minimum absolute atomic E-state index is 0.616. The molecule has 0 spiro atoms. The first-order valence-corrected chi connectivity index (χ1v) is 7.49. The maximum Gasteiger partial charge on any atom is 0.136 e. The van der Waals surface area contributed by atoms with Crippen LogP contribution in [0.4, 0.5) is 11.5 Å². The maximum absolute atomic E-state index is 4.67. The fraction of sp³-hybridized carbons (Fsp3) is 0.471. The third-order valence-corrected chi connectivity index (χ3v) is 4.24. The maximum atomic E-state index is 4.67. The Bertz CT molecular complexity index is 613. The van der Waals surface area contributed by atoms with Crippen LogP contribution in [0, 0.1) is 6.92 Å². The lowest BCUT2D eigenvalue weighted by atomic mass is 10.0. The van der Waals surface area contributed by atoms with Gasteiger partial charge in [-0.2, -0.15) is 0 Å². The highest BCUT2D eigenvalue weighted by molar-refractivity contribution is 6.02. The van der Waals surface area contributed by atoms with Crippen molar-refractivity contribution in [2.45, 2.75) is 38.6 Å². The van der Waals surface area contributed by atoms with E-state index < -0.39 is 0 Å². The number of nitrogens with zero attached hydrogens (tertiary/aromatic N) is 2. The lowest BCUT2D eigenvalue weighted by Crippen LogP contribution is -2.16. The molecule has 0 saturated heterocycles. The lowest BCUT2D eigenvalue weighted by Gasteiger charge is -2.20. The van der Waals surface area contributed by atoms with Crippen molar-refractivity contribution < 1.29 is 0 Å². The molecule has 0 radical (unpaired) electrons. The smallest absolute Gasteiger partial charge is 0.136 e. The number of benzene rings is 1. The third kappa shape index (κ3) is 2.33. The average molecular weight is 269 g/mol. The molecule has 1 saturated carbocycles. The minimum atomic E-state index is 0.616. The fourth-order valence-electron chi connectivity index (χ4n) is 3.19. The van der Waals surface area contributed by atoms with Crippen molar-refractivity contribution in [3.05, 3.63) is 30.0 Å². The number of hydrogen-bond donors (Lipinski definition) is 1. The summed E-state index contributed by atoms with van der Waals surface area (Å²) in [6, 6.07) is 7.12. The molecule has 3 rings (SSSR count). The Balaban J connectivity index is 2.09. The first-order valence-electron chi connectivity index (χ1n) is 7.49. The highest BCUT2D eigenvalue weighted by Crippen LogP contribution is 2.33. The van der Waals surface area contributed by atoms with E-state index in [1.807, 2.05) is 6.20 Å². The van der Waals surface area contributed by atoms with E-state index in [0.717, 1.165) is 5.82 Å². The van der Waals surface area contributed by atoms with E-state index in [2.05, 4.69) is 54.4 Å². The molecule has 0 atom stereocenters. The van der Waals surface area contributed by atoms with E-state index >= 15 is 0 Å². The molecule has 1 heterocycles. The number of anilines is 2. The van der Waals surface area contributed by atoms with E-state index in [0.29, 0.717) is 6.04 Å². The molecule has 2 aromatic rings. The Morgan fingerprint density at radius 2 is 1.95 bits per heavy atom. The van der Waals surface area contributed by atoms with Crippen molar-refractivity contribution in [3.8, 4) is 0 Å². The molecule has 1 N–H and O–H groups in total. The Labute approximate surface area is 121 Å². The van der Waals surface area contributed by atoms with Gasteiger partial charge in [0, 0.05) is 30.9 Å². The summed E-state index contributed by atoms with van der Waals surface area (Å²) in [4.78, 5) is 6.76. The molecule has 0 amide bonds. The van der Waals surface area contributed by atoms with Crippen LogP contribution < -0.4 is 10.2 Å². The number of aryl methyl sites for hydroxylation is 1. The molecule has 0 bridgehead atoms. The topological polar surface area (TPSA) is 28.2 Å². The van der Waals surface area contributed by atoms with Crippen LogP contribution in [0.15, 0.2) is 24.4 Å². The number of pyridine rings is 1. The summed E-state index contributed by atoms with van der Waals surface area (Å²) in [5.74, 6) is 1.05. The molecule has 1 aliphatic carbocycles. The highest BCUT2D eigenvalue weighted by Gasteiger charge is 2.17. The zero-order chi connectivity index (χ0) is 14.1. The number of nitrogens with one attached hydrogen (secondary N) is 1. The van der Waals surface area contributed by atoms with Crippen molar-refractivity contribution in [1.29, 1.82) is 0 Å². The van der Waals surface area contributed by atoms with Crippen LogP contribution >= 0.6 is 0 Å². The van der Waals surface area contributed by atoms with Gasteiger partial charge in [-0.1, -0.05) is 31.0 Å². The molecule has 3 nitrogen and oxygen atoms in total. The summed E-state index contributed by atoms with van der Waals surface area (Å²) in [7, 11) is 4.11. The van der Waals surface area contributed by atoms with Gasteiger partial charge in [-0.15, -0.1) is 0 Å². The van der Waals surface area contributed by atoms with Crippen molar-refractivity contribution >= 4 is 22.3 Å². The zero-order valence-corrected chi connectivity index (χ0v) is 12.6. The van der Waals surface area contributed by atoms with Crippen LogP contribution in [-0.2, 0) is 0 Å². The SMILES string of the molecule is Cc1cccc2c(NC3CCCC3)cnc(N(C)C)c12. The molecule has 0 unspecified atom stereocenters. The first kappa shape index (κ1) is 13.2. The molecule has 0 aliphatic heterocycles. The third-order valence-electron chi connectivity index (χ3n) is 4.24. The second-order valence-electron chi connectivity index (χ2n) is 6.01. The van der Waals surface area contributed by atoms with Gasteiger partial charge in [-0.3, -0.25) is 0 Å². The van der Waals surface area contributed by atoms with Gasteiger partial charge in [0.15, 0.2) is 0 Å². The molecule has 3 heteroatoms. The number of hydrogen-bond acceptors (Lipinski definition) is 3. The first-order chi connectivity index (χ1) is 9.66. The van der Waals surface area contributed by atoms with E-state index in [9.17, 15) is 0 Å². The van der Waals surface area contributed by atoms with Gasteiger partial charge in [0.25, 0.3) is 0 Å². The Hall–Kier alpha value is -1.77. The van der Waals surface area contributed by atoms with Gasteiger partial charge >= 0.3 is 0 Å². The van der Waals surface area contributed by atoms with E-state index in [4.69, 9.17) is 0 Å². The zero-order valence-electron chi connectivity index (χ0n) is 12.6. The summed E-state index contributed by atoms with van der Waals surface area (Å²) in [6.45, 7) is 2.16. The van der Waals surface area contributed by atoms with E-state index in [-0.39, 0.29) is 0 Å². The van der Waals surface area contributed by atoms with E-state index in [1.54, 1.807) is 0 Å². The summed E-state index contributed by atoms with van der Waals surface area (Å²) in [5.41, 5.74) is 2.47. The highest BCUT2D eigenvalue weighted by atomic mass is 15.1. The van der Waals surface area contributed by atoms with Gasteiger partial charge in [0.05, 0.1) is 11.9 Å². The lowest BCUT2D eigenvalue weighted by molar-refractivity contribution is 0.756.